The highest BCUT2D eigenvalue weighted by Crippen LogP contribution is 1.89. The number of hydrogen-bond acceptors (Lipinski definition) is 8. The Balaban J connectivity index is -0.000000299. The Morgan fingerprint density at radius 1 is 0.909 bits per heavy atom. The van der Waals surface area contributed by atoms with Crippen molar-refractivity contribution >= 4 is 37.2 Å². The minimum atomic E-state index is -0.788. The first-order valence-electron chi connectivity index (χ1n) is 5.35. The van der Waals surface area contributed by atoms with Crippen molar-refractivity contribution in [2.75, 3.05) is 48.0 Å². The highest BCUT2D eigenvalue weighted by Gasteiger charge is 2.15. The minimum Gasteiger partial charge on any atom is -0.313 e. The third-order valence-electron chi connectivity index (χ3n) is 1.70. The van der Waals surface area contributed by atoms with Gasteiger partial charge in [-0.15, -0.1) is 20.1 Å². The third-order valence-corrected chi connectivity index (χ3v) is 1.70. The SMILES string of the molecule is CN(C)CCO[N+](=O)[O-].CN(CN(C)[N+](=O)[O-])[N+](=O)[O-].II. The first-order valence-corrected chi connectivity index (χ1v) is 11.6. The van der Waals surface area contributed by atoms with Crippen molar-refractivity contribution in [2.24, 2.45) is 0 Å². The fourth-order valence-corrected chi connectivity index (χ4v) is 0.697. The average Bonchev–Trinajstić information content (AvgIpc) is 2.40. The van der Waals surface area contributed by atoms with Crippen LogP contribution in [0.2, 0.25) is 0 Å². The van der Waals surface area contributed by atoms with Crippen molar-refractivity contribution in [3.05, 3.63) is 30.3 Å². The lowest BCUT2D eigenvalue weighted by Crippen LogP contribution is -2.39. The summed E-state index contributed by atoms with van der Waals surface area (Å²) in [6.45, 7) is 0.362. The van der Waals surface area contributed by atoms with Crippen molar-refractivity contribution in [2.45, 2.75) is 0 Å². The second-order valence-corrected chi connectivity index (χ2v) is 3.79. The van der Waals surface area contributed by atoms with Crippen LogP contribution in [0.4, 0.5) is 0 Å². The van der Waals surface area contributed by atoms with Gasteiger partial charge in [0.05, 0.1) is 14.1 Å². The molecule has 0 saturated carbocycles. The molecule has 0 heterocycles. The Morgan fingerprint density at radius 2 is 1.27 bits per heavy atom. The van der Waals surface area contributed by atoms with E-state index in [1.54, 1.807) is 0 Å². The summed E-state index contributed by atoms with van der Waals surface area (Å²) >= 11 is 4.24. The number of hydrazine groups is 2. The predicted octanol–water partition coefficient (Wildman–Crippen LogP) is 0.719. The van der Waals surface area contributed by atoms with Gasteiger partial charge in [-0.25, -0.2) is 20.2 Å². The minimum absolute atomic E-state index is 0.139. The Bertz CT molecular complexity index is 316. The van der Waals surface area contributed by atoms with Crippen molar-refractivity contribution < 1.29 is 20.0 Å². The highest BCUT2D eigenvalue weighted by molar-refractivity contribution is 15.0. The first-order chi connectivity index (χ1) is 10.1. The van der Waals surface area contributed by atoms with Crippen LogP contribution in [-0.2, 0) is 4.84 Å². The molecule has 0 aromatic carbocycles. The van der Waals surface area contributed by atoms with Crippen LogP contribution in [0.25, 0.3) is 0 Å². The molecule has 0 N–H and O–H groups in total. The van der Waals surface area contributed by atoms with Gasteiger partial charge in [-0.1, -0.05) is 0 Å². The molecular weight excluding hydrogens is 534 g/mol. The van der Waals surface area contributed by atoms with E-state index < -0.39 is 15.2 Å². The number of likely N-dealkylation sites (N-methyl/N-ethyl adjacent to an activating group) is 1. The lowest BCUT2D eigenvalue weighted by atomic mass is 10.6. The predicted molar refractivity (Wildman–Crippen MR) is 93.9 cm³/mol. The smallest absolute Gasteiger partial charge is 0.294 e. The van der Waals surface area contributed by atoms with Crippen LogP contribution in [-0.4, -0.2) is 78.1 Å². The van der Waals surface area contributed by atoms with Crippen molar-refractivity contribution in [3.8, 4) is 0 Å². The molecule has 0 bridgehead atoms. The van der Waals surface area contributed by atoms with Gasteiger partial charge in [-0.2, -0.15) is 0 Å². The van der Waals surface area contributed by atoms with Gasteiger partial charge < -0.3 is 9.74 Å². The van der Waals surface area contributed by atoms with E-state index in [2.05, 4.69) is 42.1 Å². The summed E-state index contributed by atoms with van der Waals surface area (Å²) in [4.78, 5) is 35.3. The third kappa shape index (κ3) is 21.3. The summed E-state index contributed by atoms with van der Waals surface area (Å²) in [5, 5.41) is 28.4. The molecule has 0 saturated heterocycles. The van der Waals surface area contributed by atoms with E-state index in [1.165, 1.54) is 0 Å². The standard InChI is InChI=1S/C4H10N2O3.C3H8N4O4.I2/c1-5(2)3-4-9-6(7)8;1-4(6(8)9)3-5(2)7(10)11;1-2/h3-4H2,1-2H3;3H2,1-2H3;. The van der Waals surface area contributed by atoms with Crippen LogP contribution in [0.1, 0.15) is 0 Å². The quantitative estimate of drug-likeness (QED) is 0.183. The maximum atomic E-state index is 9.94. The summed E-state index contributed by atoms with van der Waals surface area (Å²) < 4.78 is 0. The van der Waals surface area contributed by atoms with Crippen LogP contribution in [0, 0.1) is 30.3 Å². The Labute approximate surface area is 150 Å². The van der Waals surface area contributed by atoms with Crippen molar-refractivity contribution in [3.63, 3.8) is 0 Å². The molecule has 0 spiro atoms. The molecule has 0 aliphatic rings. The molecule has 13 nitrogen and oxygen atoms in total. The van der Waals surface area contributed by atoms with Gasteiger partial charge in [0.2, 0.25) is 6.67 Å². The number of rotatable bonds is 8. The molecule has 0 aromatic rings. The fraction of sp³-hybridized carbons (Fsp3) is 1.00. The van der Waals surface area contributed by atoms with Gasteiger partial charge in [0.15, 0.2) is 10.1 Å². The van der Waals surface area contributed by atoms with Crippen LogP contribution in [0.15, 0.2) is 0 Å². The molecule has 0 fully saturated rings. The Kier molecular flexibility index (Phi) is 19.3. The zero-order valence-electron chi connectivity index (χ0n) is 12.4. The summed E-state index contributed by atoms with van der Waals surface area (Å²) in [5.74, 6) is 0. The maximum Gasteiger partial charge on any atom is 0.294 e. The zero-order valence-corrected chi connectivity index (χ0v) is 16.7. The van der Waals surface area contributed by atoms with Gasteiger partial charge in [0.1, 0.15) is 6.61 Å². The summed E-state index contributed by atoms with van der Waals surface area (Å²) in [6.07, 6.45) is 0. The lowest BCUT2D eigenvalue weighted by Gasteiger charge is -2.11. The van der Waals surface area contributed by atoms with Gasteiger partial charge in [0, 0.05) is 43.8 Å². The topological polar surface area (TPSA) is 148 Å². The van der Waals surface area contributed by atoms with Crippen LogP contribution in [0.5, 0.6) is 0 Å². The van der Waals surface area contributed by atoms with Gasteiger partial charge in [-0.05, 0) is 14.1 Å². The maximum absolute atomic E-state index is 9.94. The molecule has 0 rings (SSSR count). The van der Waals surface area contributed by atoms with E-state index in [0.717, 1.165) is 14.1 Å². The van der Waals surface area contributed by atoms with E-state index in [9.17, 15) is 30.3 Å². The van der Waals surface area contributed by atoms with E-state index in [4.69, 9.17) is 0 Å². The summed E-state index contributed by atoms with van der Waals surface area (Å²) in [6, 6.07) is 0. The molecule has 0 unspecified atom stereocenters. The molecule has 0 aliphatic carbocycles. The molecule has 132 valence electrons. The van der Waals surface area contributed by atoms with Crippen molar-refractivity contribution in [1.82, 2.24) is 14.9 Å². The molecule has 0 aliphatic heterocycles. The second kappa shape index (κ2) is 16.4. The Morgan fingerprint density at radius 3 is 1.50 bits per heavy atom. The molecule has 0 atom stereocenters. The van der Waals surface area contributed by atoms with Crippen molar-refractivity contribution in [1.29, 1.82) is 0 Å². The summed E-state index contributed by atoms with van der Waals surface area (Å²) in [5.41, 5.74) is 0. The number of hydrogen-bond donors (Lipinski definition) is 0. The fourth-order valence-electron chi connectivity index (χ4n) is 0.697. The van der Waals surface area contributed by atoms with Gasteiger partial charge >= 0.3 is 0 Å². The van der Waals surface area contributed by atoms with Gasteiger partial charge in [-0.3, -0.25) is 0 Å². The molecule has 0 aromatic heterocycles. The number of halogens is 2. The second-order valence-electron chi connectivity index (χ2n) is 3.79. The molecule has 15 heteroatoms. The molecule has 0 amide bonds. The highest BCUT2D eigenvalue weighted by atomic mass is 128. The molecule has 22 heavy (non-hydrogen) atoms. The summed E-state index contributed by atoms with van der Waals surface area (Å²) in [7, 11) is 5.95. The molecule has 0 radical (unpaired) electrons. The van der Waals surface area contributed by atoms with E-state index in [-0.39, 0.29) is 13.3 Å². The van der Waals surface area contributed by atoms with E-state index in [1.807, 2.05) is 19.0 Å². The Hall–Kier alpha value is -0.980. The average molecular weight is 552 g/mol. The zero-order chi connectivity index (χ0) is 18.3. The monoisotopic (exact) mass is 552 g/mol. The first kappa shape index (κ1) is 25.9. The van der Waals surface area contributed by atoms with Crippen LogP contribution < -0.4 is 0 Å². The largest absolute Gasteiger partial charge is 0.313 e. The number of nitrogens with zero attached hydrogens (tertiary/aromatic N) is 6. The van der Waals surface area contributed by atoms with E-state index >= 15 is 0 Å². The van der Waals surface area contributed by atoms with Gasteiger partial charge in [0.25, 0.3) is 5.09 Å². The lowest BCUT2D eigenvalue weighted by molar-refractivity contribution is -0.757. The van der Waals surface area contributed by atoms with Crippen LogP contribution in [0.3, 0.4) is 0 Å². The number of nitro groups is 2. The van der Waals surface area contributed by atoms with E-state index in [0.29, 0.717) is 16.6 Å². The normalized spacial score (nSPS) is 8.68. The van der Waals surface area contributed by atoms with Crippen LogP contribution >= 0.6 is 37.2 Å². The molecular formula is C7H18I2N6O7.